The predicted octanol–water partition coefficient (Wildman–Crippen LogP) is 2.45. The molecule has 0 saturated carbocycles. The largest absolute Gasteiger partial charge is 0.367 e. The fourth-order valence-corrected chi connectivity index (χ4v) is 5.28. The summed E-state index contributed by atoms with van der Waals surface area (Å²) in [4.78, 5) is 28.8. The van der Waals surface area contributed by atoms with Gasteiger partial charge in [0.15, 0.2) is 5.65 Å². The number of hydrogen-bond donors (Lipinski definition) is 2. The SMILES string of the molecule is Cc1cnc2nc(-c3ccc(CN4CCNCC4)cc3)[nH]c2c1N1CCN(Cc2cncnc2)CC1. The van der Waals surface area contributed by atoms with E-state index >= 15 is 0 Å². The minimum absolute atomic E-state index is 0.777. The van der Waals surface area contributed by atoms with E-state index in [1.54, 1.807) is 6.33 Å². The summed E-state index contributed by atoms with van der Waals surface area (Å²) in [5.74, 6) is 0.876. The van der Waals surface area contributed by atoms with Crippen LogP contribution in [0.4, 0.5) is 5.69 Å². The molecular weight excluding hydrogens is 450 g/mol. The summed E-state index contributed by atoms with van der Waals surface area (Å²) in [6, 6.07) is 8.80. The first-order chi connectivity index (χ1) is 17.7. The Kier molecular flexibility index (Phi) is 6.59. The van der Waals surface area contributed by atoms with Crippen LogP contribution in [-0.4, -0.2) is 87.1 Å². The van der Waals surface area contributed by atoms with Gasteiger partial charge in [-0.05, 0) is 18.1 Å². The van der Waals surface area contributed by atoms with Gasteiger partial charge in [-0.3, -0.25) is 9.80 Å². The summed E-state index contributed by atoms with van der Waals surface area (Å²) >= 11 is 0. The van der Waals surface area contributed by atoms with Crippen molar-refractivity contribution in [2.24, 2.45) is 0 Å². The standard InChI is InChI=1S/C27H33N9/c1-20-14-31-27-24(25(20)36-12-10-35(11-13-36)18-22-15-29-19-30-16-22)32-26(33-27)23-4-2-21(3-5-23)17-34-8-6-28-7-9-34/h2-5,14-16,19,28H,6-13,17-18H2,1H3,(H,31,32,33). The van der Waals surface area contributed by atoms with Gasteiger partial charge in [0.25, 0.3) is 0 Å². The molecule has 0 bridgehead atoms. The number of benzene rings is 1. The van der Waals surface area contributed by atoms with Crippen molar-refractivity contribution in [2.75, 3.05) is 57.3 Å². The van der Waals surface area contributed by atoms with Gasteiger partial charge in [-0.25, -0.2) is 19.9 Å². The molecule has 0 aliphatic carbocycles. The first-order valence-corrected chi connectivity index (χ1v) is 12.8. The van der Waals surface area contributed by atoms with E-state index in [0.29, 0.717) is 0 Å². The maximum absolute atomic E-state index is 4.86. The molecule has 0 amide bonds. The molecule has 9 heteroatoms. The Balaban J connectivity index is 1.18. The fraction of sp³-hybridized carbons (Fsp3) is 0.407. The molecule has 1 aromatic carbocycles. The lowest BCUT2D eigenvalue weighted by Gasteiger charge is -2.36. The average Bonchev–Trinajstić information content (AvgIpc) is 3.35. The van der Waals surface area contributed by atoms with Gasteiger partial charge in [0.1, 0.15) is 17.7 Å². The number of piperazine rings is 2. The highest BCUT2D eigenvalue weighted by Gasteiger charge is 2.22. The second-order valence-corrected chi connectivity index (χ2v) is 9.81. The van der Waals surface area contributed by atoms with Crippen molar-refractivity contribution in [3.05, 3.63) is 65.9 Å². The normalized spacial score (nSPS) is 17.6. The number of aromatic amines is 1. The molecule has 3 aromatic heterocycles. The molecule has 0 unspecified atom stereocenters. The van der Waals surface area contributed by atoms with Crippen LogP contribution in [0.5, 0.6) is 0 Å². The number of aryl methyl sites for hydroxylation is 1. The number of aromatic nitrogens is 5. The zero-order valence-corrected chi connectivity index (χ0v) is 20.8. The Labute approximate surface area is 211 Å². The van der Waals surface area contributed by atoms with E-state index in [9.17, 15) is 0 Å². The van der Waals surface area contributed by atoms with Crippen LogP contribution >= 0.6 is 0 Å². The smallest absolute Gasteiger partial charge is 0.180 e. The summed E-state index contributed by atoms with van der Waals surface area (Å²) in [6.07, 6.45) is 7.34. The quantitative estimate of drug-likeness (QED) is 0.432. The molecule has 9 nitrogen and oxygen atoms in total. The van der Waals surface area contributed by atoms with Gasteiger partial charge in [-0.1, -0.05) is 24.3 Å². The van der Waals surface area contributed by atoms with Crippen LogP contribution in [0.1, 0.15) is 16.7 Å². The maximum Gasteiger partial charge on any atom is 0.180 e. The highest BCUT2D eigenvalue weighted by Crippen LogP contribution is 2.31. The lowest BCUT2D eigenvalue weighted by atomic mass is 10.1. The van der Waals surface area contributed by atoms with Crippen molar-refractivity contribution in [1.29, 1.82) is 0 Å². The third-order valence-corrected chi connectivity index (χ3v) is 7.23. The number of anilines is 1. The number of imidazole rings is 1. The van der Waals surface area contributed by atoms with E-state index in [1.807, 2.05) is 18.6 Å². The Morgan fingerprint density at radius 3 is 2.25 bits per heavy atom. The van der Waals surface area contributed by atoms with Crippen LogP contribution in [0.25, 0.3) is 22.6 Å². The molecule has 0 radical (unpaired) electrons. The molecule has 36 heavy (non-hydrogen) atoms. The molecular formula is C27H33N9. The van der Waals surface area contributed by atoms with Crippen molar-refractivity contribution in [1.82, 2.24) is 40.0 Å². The van der Waals surface area contributed by atoms with Crippen LogP contribution in [-0.2, 0) is 13.1 Å². The summed E-state index contributed by atoms with van der Waals surface area (Å²) in [7, 11) is 0. The minimum Gasteiger partial charge on any atom is -0.367 e. The second-order valence-electron chi connectivity index (χ2n) is 9.81. The van der Waals surface area contributed by atoms with Crippen LogP contribution in [0.3, 0.4) is 0 Å². The molecule has 6 rings (SSSR count). The summed E-state index contributed by atoms with van der Waals surface area (Å²) < 4.78 is 0. The Bertz CT molecular complexity index is 1290. The van der Waals surface area contributed by atoms with Gasteiger partial charge in [0.2, 0.25) is 0 Å². The Hall–Kier alpha value is -3.40. The van der Waals surface area contributed by atoms with Crippen LogP contribution in [0.15, 0.2) is 49.2 Å². The van der Waals surface area contributed by atoms with E-state index in [4.69, 9.17) is 4.98 Å². The topological polar surface area (TPSA) is 89.1 Å². The summed E-state index contributed by atoms with van der Waals surface area (Å²) in [5.41, 5.74) is 7.79. The maximum atomic E-state index is 4.86. The van der Waals surface area contributed by atoms with Gasteiger partial charge in [0, 0.05) is 95.2 Å². The van der Waals surface area contributed by atoms with Crippen LogP contribution < -0.4 is 10.2 Å². The third-order valence-electron chi connectivity index (χ3n) is 7.23. The monoisotopic (exact) mass is 483 g/mol. The van der Waals surface area contributed by atoms with E-state index in [1.165, 1.54) is 16.8 Å². The molecule has 2 N–H and O–H groups in total. The van der Waals surface area contributed by atoms with Crippen molar-refractivity contribution in [3.63, 3.8) is 0 Å². The van der Waals surface area contributed by atoms with E-state index in [0.717, 1.165) is 93.6 Å². The third kappa shape index (κ3) is 4.95. The average molecular weight is 484 g/mol. The minimum atomic E-state index is 0.777. The van der Waals surface area contributed by atoms with Crippen molar-refractivity contribution >= 4 is 16.9 Å². The fourth-order valence-electron chi connectivity index (χ4n) is 5.28. The van der Waals surface area contributed by atoms with E-state index < -0.39 is 0 Å². The molecule has 186 valence electrons. The lowest BCUT2D eigenvalue weighted by Crippen LogP contribution is -2.46. The molecule has 2 saturated heterocycles. The number of H-pyrrole nitrogens is 1. The predicted molar refractivity (Wildman–Crippen MR) is 142 cm³/mol. The van der Waals surface area contributed by atoms with E-state index in [2.05, 4.69) is 71.1 Å². The van der Waals surface area contributed by atoms with Crippen molar-refractivity contribution in [3.8, 4) is 11.4 Å². The van der Waals surface area contributed by atoms with Gasteiger partial charge in [-0.15, -0.1) is 0 Å². The lowest BCUT2D eigenvalue weighted by molar-refractivity contribution is 0.233. The zero-order valence-electron chi connectivity index (χ0n) is 20.8. The molecule has 0 spiro atoms. The molecule has 2 aliphatic rings. The zero-order chi connectivity index (χ0) is 24.3. The van der Waals surface area contributed by atoms with Gasteiger partial charge in [-0.2, -0.15) is 0 Å². The highest BCUT2D eigenvalue weighted by molar-refractivity contribution is 5.90. The Morgan fingerprint density at radius 2 is 1.50 bits per heavy atom. The first-order valence-electron chi connectivity index (χ1n) is 12.8. The van der Waals surface area contributed by atoms with Crippen molar-refractivity contribution < 1.29 is 0 Å². The van der Waals surface area contributed by atoms with Gasteiger partial charge in [0.05, 0.1) is 5.69 Å². The molecule has 5 heterocycles. The number of fused-ring (bicyclic) bond motifs is 1. The summed E-state index contributed by atoms with van der Waals surface area (Å²) in [6.45, 7) is 12.3. The molecule has 2 fully saturated rings. The number of rotatable bonds is 6. The number of nitrogens with one attached hydrogen (secondary N) is 2. The first kappa shape index (κ1) is 23.0. The molecule has 4 aromatic rings. The second kappa shape index (κ2) is 10.3. The van der Waals surface area contributed by atoms with Gasteiger partial charge < -0.3 is 15.2 Å². The number of pyridine rings is 1. The van der Waals surface area contributed by atoms with Crippen molar-refractivity contribution in [2.45, 2.75) is 20.0 Å². The van der Waals surface area contributed by atoms with E-state index in [-0.39, 0.29) is 0 Å². The molecule has 2 aliphatic heterocycles. The summed E-state index contributed by atoms with van der Waals surface area (Å²) in [5, 5.41) is 3.42. The number of nitrogens with zero attached hydrogens (tertiary/aromatic N) is 7. The Morgan fingerprint density at radius 1 is 0.806 bits per heavy atom. The van der Waals surface area contributed by atoms with Gasteiger partial charge >= 0.3 is 0 Å². The van der Waals surface area contributed by atoms with Crippen LogP contribution in [0.2, 0.25) is 0 Å². The van der Waals surface area contributed by atoms with Crippen LogP contribution in [0, 0.1) is 6.92 Å². The highest BCUT2D eigenvalue weighted by atomic mass is 15.3. The number of hydrogen-bond acceptors (Lipinski definition) is 8. The molecule has 0 atom stereocenters.